The number of aromatic carboxylic acids is 1. The van der Waals surface area contributed by atoms with Crippen molar-refractivity contribution < 1.29 is 14.3 Å². The highest BCUT2D eigenvalue weighted by Crippen LogP contribution is 2.14. The van der Waals surface area contributed by atoms with Crippen LogP contribution in [-0.2, 0) is 6.54 Å². The average Bonchev–Trinajstić information content (AvgIpc) is 2.65. The molecule has 0 aliphatic carbocycles. The molecule has 4 nitrogen and oxygen atoms in total. The predicted molar refractivity (Wildman–Crippen MR) is 68.3 cm³/mol. The van der Waals surface area contributed by atoms with Gasteiger partial charge in [-0.2, -0.15) is 0 Å². The van der Waals surface area contributed by atoms with E-state index < -0.39 is 5.97 Å². The highest BCUT2D eigenvalue weighted by atomic mass is 32.2. The molecule has 0 saturated heterocycles. The van der Waals surface area contributed by atoms with Gasteiger partial charge >= 0.3 is 5.97 Å². The first-order chi connectivity index (χ1) is 8.15. The molecule has 1 heterocycles. The van der Waals surface area contributed by atoms with Gasteiger partial charge in [-0.25, -0.2) is 4.79 Å². The van der Waals surface area contributed by atoms with E-state index in [9.17, 15) is 4.79 Å². The van der Waals surface area contributed by atoms with Gasteiger partial charge in [0, 0.05) is 12.3 Å². The number of carboxylic acids is 1. The van der Waals surface area contributed by atoms with Crippen LogP contribution in [0.1, 0.15) is 21.9 Å². The van der Waals surface area contributed by atoms with Crippen LogP contribution in [0.5, 0.6) is 0 Å². The van der Waals surface area contributed by atoms with Crippen molar-refractivity contribution in [2.24, 2.45) is 0 Å². The number of carbonyl (C=O) groups is 1. The van der Waals surface area contributed by atoms with E-state index in [1.54, 1.807) is 24.8 Å². The maximum absolute atomic E-state index is 10.8. The Morgan fingerprint density at radius 3 is 3.06 bits per heavy atom. The molecule has 5 heteroatoms. The second kappa shape index (κ2) is 7.05. The van der Waals surface area contributed by atoms with Gasteiger partial charge in [-0.1, -0.05) is 5.92 Å². The summed E-state index contributed by atoms with van der Waals surface area (Å²) in [6.07, 6.45) is 5.12. The third kappa shape index (κ3) is 4.55. The SMILES string of the molecule is C#CCSCCNCc1cc(C(=O)O)c(C)o1. The van der Waals surface area contributed by atoms with E-state index in [-0.39, 0.29) is 5.56 Å². The number of furan rings is 1. The van der Waals surface area contributed by atoms with Crippen molar-refractivity contribution in [3.05, 3.63) is 23.2 Å². The number of thioether (sulfide) groups is 1. The van der Waals surface area contributed by atoms with E-state index >= 15 is 0 Å². The van der Waals surface area contributed by atoms with Crippen molar-refractivity contribution in [2.75, 3.05) is 18.1 Å². The maximum Gasteiger partial charge on any atom is 0.339 e. The molecule has 0 bridgehead atoms. The Bertz CT molecular complexity index is 420. The van der Waals surface area contributed by atoms with Gasteiger partial charge in [0.25, 0.3) is 0 Å². The molecule has 92 valence electrons. The van der Waals surface area contributed by atoms with Crippen LogP contribution in [0, 0.1) is 19.3 Å². The molecule has 17 heavy (non-hydrogen) atoms. The molecule has 1 aromatic heterocycles. The molecule has 0 atom stereocenters. The quantitative estimate of drug-likeness (QED) is 0.572. The molecular weight excluding hydrogens is 238 g/mol. The van der Waals surface area contributed by atoms with Crippen LogP contribution in [0.4, 0.5) is 0 Å². The van der Waals surface area contributed by atoms with Crippen molar-refractivity contribution in [3.8, 4) is 12.3 Å². The summed E-state index contributed by atoms with van der Waals surface area (Å²) in [4.78, 5) is 10.8. The van der Waals surface area contributed by atoms with Crippen LogP contribution in [0.3, 0.4) is 0 Å². The lowest BCUT2D eigenvalue weighted by Crippen LogP contribution is -2.16. The minimum Gasteiger partial charge on any atom is -0.478 e. The third-order valence-electron chi connectivity index (χ3n) is 2.11. The van der Waals surface area contributed by atoms with E-state index in [0.29, 0.717) is 23.8 Å². The summed E-state index contributed by atoms with van der Waals surface area (Å²) in [5.41, 5.74) is 0.225. The predicted octanol–water partition coefficient (Wildman–Crippen LogP) is 1.74. The summed E-state index contributed by atoms with van der Waals surface area (Å²) >= 11 is 1.68. The molecular formula is C12H15NO3S. The first-order valence-electron chi connectivity index (χ1n) is 5.19. The van der Waals surface area contributed by atoms with Crippen LogP contribution in [0.25, 0.3) is 0 Å². The summed E-state index contributed by atoms with van der Waals surface area (Å²) in [6, 6.07) is 1.55. The second-order valence-corrected chi connectivity index (χ2v) is 4.53. The van der Waals surface area contributed by atoms with Gasteiger partial charge in [0.2, 0.25) is 0 Å². The first kappa shape index (κ1) is 13.7. The Morgan fingerprint density at radius 1 is 1.71 bits per heavy atom. The number of rotatable bonds is 7. The van der Waals surface area contributed by atoms with E-state index in [0.717, 1.165) is 12.3 Å². The van der Waals surface area contributed by atoms with Crippen LogP contribution in [0.2, 0.25) is 0 Å². The van der Waals surface area contributed by atoms with Crippen molar-refractivity contribution in [1.29, 1.82) is 0 Å². The monoisotopic (exact) mass is 253 g/mol. The van der Waals surface area contributed by atoms with Gasteiger partial charge in [0.15, 0.2) is 0 Å². The summed E-state index contributed by atoms with van der Waals surface area (Å²) in [6.45, 7) is 2.99. The molecule has 0 unspecified atom stereocenters. The highest BCUT2D eigenvalue weighted by molar-refractivity contribution is 7.99. The third-order valence-corrected chi connectivity index (χ3v) is 2.97. The lowest BCUT2D eigenvalue weighted by atomic mass is 10.2. The van der Waals surface area contributed by atoms with Gasteiger partial charge in [-0.3, -0.25) is 0 Å². The molecule has 0 aromatic carbocycles. The van der Waals surface area contributed by atoms with Crippen molar-refractivity contribution in [1.82, 2.24) is 5.32 Å². The Morgan fingerprint density at radius 2 is 2.47 bits per heavy atom. The molecule has 0 spiro atoms. The van der Waals surface area contributed by atoms with Gasteiger partial charge in [-0.15, -0.1) is 18.2 Å². The topological polar surface area (TPSA) is 62.5 Å². The van der Waals surface area contributed by atoms with E-state index in [4.69, 9.17) is 15.9 Å². The van der Waals surface area contributed by atoms with E-state index in [1.807, 2.05) is 0 Å². The zero-order chi connectivity index (χ0) is 12.7. The largest absolute Gasteiger partial charge is 0.478 e. The van der Waals surface area contributed by atoms with Crippen molar-refractivity contribution >= 4 is 17.7 Å². The molecule has 0 aliphatic heterocycles. The van der Waals surface area contributed by atoms with Gasteiger partial charge in [0.1, 0.15) is 17.1 Å². The minimum atomic E-state index is -0.956. The summed E-state index contributed by atoms with van der Waals surface area (Å²) < 4.78 is 5.32. The fraction of sp³-hybridized carbons (Fsp3) is 0.417. The van der Waals surface area contributed by atoms with Crippen molar-refractivity contribution in [3.63, 3.8) is 0 Å². The molecule has 0 aliphatic rings. The van der Waals surface area contributed by atoms with E-state index in [2.05, 4.69) is 11.2 Å². The van der Waals surface area contributed by atoms with Gasteiger partial charge in [0.05, 0.1) is 12.3 Å². The van der Waals surface area contributed by atoms with Gasteiger partial charge in [-0.05, 0) is 13.0 Å². The average molecular weight is 253 g/mol. The Kier molecular flexibility index (Phi) is 5.67. The fourth-order valence-corrected chi connectivity index (χ4v) is 1.88. The van der Waals surface area contributed by atoms with Gasteiger partial charge < -0.3 is 14.8 Å². The lowest BCUT2D eigenvalue weighted by Gasteiger charge is -2.00. The van der Waals surface area contributed by atoms with Crippen LogP contribution < -0.4 is 5.32 Å². The summed E-state index contributed by atoms with van der Waals surface area (Å²) in [5, 5.41) is 12.0. The standard InChI is InChI=1S/C12H15NO3S/c1-3-5-17-6-4-13-8-10-7-11(12(14)15)9(2)16-10/h1,7,13H,4-6,8H2,2H3,(H,14,15). The zero-order valence-electron chi connectivity index (χ0n) is 9.66. The maximum atomic E-state index is 10.8. The molecule has 1 rings (SSSR count). The first-order valence-corrected chi connectivity index (χ1v) is 6.35. The minimum absolute atomic E-state index is 0.225. The molecule has 0 fully saturated rings. The Labute approximate surface area is 105 Å². The number of nitrogens with one attached hydrogen (secondary N) is 1. The van der Waals surface area contributed by atoms with E-state index in [1.165, 1.54) is 0 Å². The zero-order valence-corrected chi connectivity index (χ0v) is 10.5. The summed E-state index contributed by atoms with van der Waals surface area (Å²) in [5.74, 6) is 4.32. The fourth-order valence-electron chi connectivity index (χ4n) is 1.33. The number of hydrogen-bond acceptors (Lipinski definition) is 4. The molecule has 1 aromatic rings. The second-order valence-electron chi connectivity index (χ2n) is 3.42. The highest BCUT2D eigenvalue weighted by Gasteiger charge is 2.12. The smallest absolute Gasteiger partial charge is 0.339 e. The molecule has 0 amide bonds. The number of terminal acetylenes is 1. The molecule has 2 N–H and O–H groups in total. The van der Waals surface area contributed by atoms with Crippen LogP contribution in [0.15, 0.2) is 10.5 Å². The number of aryl methyl sites for hydroxylation is 1. The number of hydrogen-bond donors (Lipinski definition) is 2. The Balaban J connectivity index is 2.30. The summed E-state index contributed by atoms with van der Waals surface area (Å²) in [7, 11) is 0. The Hall–Kier alpha value is -1.38. The molecule has 0 saturated carbocycles. The lowest BCUT2D eigenvalue weighted by molar-refractivity contribution is 0.0695. The number of carboxylic acid groups (broad SMARTS) is 1. The normalized spacial score (nSPS) is 10.1. The van der Waals surface area contributed by atoms with Crippen molar-refractivity contribution in [2.45, 2.75) is 13.5 Å². The van der Waals surface area contributed by atoms with Crippen LogP contribution >= 0.6 is 11.8 Å². The van der Waals surface area contributed by atoms with Crippen LogP contribution in [-0.4, -0.2) is 29.1 Å². The molecule has 0 radical (unpaired) electrons.